The Kier molecular flexibility index (Phi) is 7.32. The lowest BCUT2D eigenvalue weighted by Crippen LogP contribution is -2.38. The van der Waals surface area contributed by atoms with Crippen molar-refractivity contribution in [2.75, 3.05) is 6.54 Å². The fourth-order valence-electron chi connectivity index (χ4n) is 3.79. The molecule has 2 rings (SSSR count). The van der Waals surface area contributed by atoms with Crippen molar-refractivity contribution < 1.29 is 24.2 Å². The molecule has 1 atom stereocenters. The number of esters is 1. The number of ether oxygens (including phenoxy) is 1. The quantitative estimate of drug-likeness (QED) is 0.364. The molecule has 1 unspecified atom stereocenters. The maximum atomic E-state index is 13.1. The lowest BCUT2D eigenvalue weighted by molar-refractivity contribution is -0.137. The van der Waals surface area contributed by atoms with Crippen molar-refractivity contribution in [3.8, 4) is 5.75 Å². The number of halogens is 1. The maximum absolute atomic E-state index is 13.1. The van der Waals surface area contributed by atoms with Crippen molar-refractivity contribution in [3.05, 3.63) is 65.2 Å². The van der Waals surface area contributed by atoms with E-state index in [9.17, 15) is 9.90 Å². The maximum Gasteiger partial charge on any atom is 0.313 e. The number of carbonyl (C=O) groups is 1. The van der Waals surface area contributed by atoms with Crippen LogP contribution in [0.2, 0.25) is 0 Å². The monoisotopic (exact) mass is 454 g/mol. The highest BCUT2D eigenvalue weighted by molar-refractivity contribution is 5.85. The standard InChI is InChI=1S/C26H37NO3.ClH/c1-18(2)26(29)30-25-13-12-21(17-28)16-24(25)23(22-10-8-7-9-11-22)14-15-27(19(3)4)20(5)6;/h7-13,16,18-20,23,28H,14-15,17H2,1-6H3;1H/i1D3,2D3,18D;. The van der Waals surface area contributed by atoms with Crippen LogP contribution in [-0.2, 0) is 11.4 Å². The SMILES string of the molecule is Cl.[2H]C([2H])([2H])C([2H])(C(=O)Oc1ccc(CO)cc1C(CCN(C(C)C)C(C)C)c1ccccc1)C([2H])([2H])[2H]. The number of benzene rings is 2. The van der Waals surface area contributed by atoms with E-state index in [4.69, 9.17) is 14.3 Å². The fourth-order valence-corrected chi connectivity index (χ4v) is 3.79. The third kappa shape index (κ3) is 7.64. The lowest BCUT2D eigenvalue weighted by Gasteiger charge is -2.32. The molecule has 0 saturated carbocycles. The first-order valence-electron chi connectivity index (χ1n) is 13.8. The van der Waals surface area contributed by atoms with Gasteiger partial charge in [-0.25, -0.2) is 0 Å². The van der Waals surface area contributed by atoms with E-state index in [0.29, 0.717) is 24.1 Å². The molecule has 0 aliphatic carbocycles. The third-order valence-corrected chi connectivity index (χ3v) is 5.24. The van der Waals surface area contributed by atoms with Gasteiger partial charge in [0.25, 0.3) is 0 Å². The molecule has 172 valence electrons. The summed E-state index contributed by atoms with van der Waals surface area (Å²) in [5.74, 6) is -5.51. The molecule has 0 fully saturated rings. The van der Waals surface area contributed by atoms with Crippen LogP contribution in [0.3, 0.4) is 0 Å². The highest BCUT2D eigenvalue weighted by Gasteiger charge is 2.23. The summed E-state index contributed by atoms with van der Waals surface area (Å²) < 4.78 is 59.3. The Morgan fingerprint density at radius 3 is 2.29 bits per heavy atom. The van der Waals surface area contributed by atoms with Crippen LogP contribution in [0.5, 0.6) is 5.75 Å². The van der Waals surface area contributed by atoms with Gasteiger partial charge in [0.15, 0.2) is 0 Å². The van der Waals surface area contributed by atoms with E-state index in [1.54, 1.807) is 6.07 Å². The average molecular weight is 455 g/mol. The molecule has 2 aromatic rings. The first kappa shape index (κ1) is 17.6. The van der Waals surface area contributed by atoms with Gasteiger partial charge in [-0.15, -0.1) is 12.4 Å². The van der Waals surface area contributed by atoms with Crippen molar-refractivity contribution >= 4 is 18.4 Å². The van der Waals surface area contributed by atoms with Crippen LogP contribution in [-0.4, -0.2) is 34.6 Å². The van der Waals surface area contributed by atoms with E-state index >= 15 is 0 Å². The third-order valence-electron chi connectivity index (χ3n) is 5.24. The van der Waals surface area contributed by atoms with Crippen LogP contribution in [0.1, 0.15) is 80.0 Å². The Balaban J connectivity index is 0.00000722. The predicted octanol–water partition coefficient (Wildman–Crippen LogP) is 5.80. The van der Waals surface area contributed by atoms with Gasteiger partial charge < -0.3 is 9.84 Å². The van der Waals surface area contributed by atoms with Crippen LogP contribution in [0, 0.1) is 5.89 Å². The van der Waals surface area contributed by atoms with Crippen LogP contribution in [0.4, 0.5) is 0 Å². The average Bonchev–Trinajstić information content (AvgIpc) is 2.80. The molecule has 0 spiro atoms. The van der Waals surface area contributed by atoms with E-state index in [2.05, 4.69) is 32.6 Å². The Bertz CT molecular complexity index is 1020. The fraction of sp³-hybridized carbons (Fsp3) is 0.500. The Morgan fingerprint density at radius 1 is 1.10 bits per heavy atom. The minimum atomic E-state index is -3.47. The van der Waals surface area contributed by atoms with Crippen molar-refractivity contribution in [2.45, 2.75) is 72.4 Å². The molecule has 1 N–H and O–H groups in total. The first-order valence-corrected chi connectivity index (χ1v) is 10.3. The van der Waals surface area contributed by atoms with Crippen LogP contribution >= 0.6 is 12.4 Å². The molecule has 4 nitrogen and oxygen atoms in total. The molecule has 0 heterocycles. The largest absolute Gasteiger partial charge is 0.426 e. The lowest BCUT2D eigenvalue weighted by atomic mass is 9.86. The summed E-state index contributed by atoms with van der Waals surface area (Å²) in [5, 5.41) is 9.80. The summed E-state index contributed by atoms with van der Waals surface area (Å²) in [7, 11) is 0. The molecule has 0 aliphatic rings. The number of hydrogen-bond acceptors (Lipinski definition) is 4. The summed E-state index contributed by atoms with van der Waals surface area (Å²) in [6, 6.07) is 14.6. The number of rotatable bonds is 10. The summed E-state index contributed by atoms with van der Waals surface area (Å²) in [4.78, 5) is 15.4. The molecule has 31 heavy (non-hydrogen) atoms. The van der Waals surface area contributed by atoms with Gasteiger partial charge >= 0.3 is 5.97 Å². The van der Waals surface area contributed by atoms with Crippen LogP contribution < -0.4 is 4.74 Å². The second-order valence-electron chi connectivity index (χ2n) is 7.97. The number of aliphatic hydroxyl groups excluding tert-OH is 1. The van der Waals surface area contributed by atoms with Gasteiger partial charge in [-0.05, 0) is 63.9 Å². The zero-order valence-corrected chi connectivity index (χ0v) is 19.4. The van der Waals surface area contributed by atoms with Gasteiger partial charge in [0.2, 0.25) is 0 Å². The molecule has 0 radical (unpaired) electrons. The van der Waals surface area contributed by atoms with E-state index in [0.717, 1.165) is 5.56 Å². The van der Waals surface area contributed by atoms with E-state index in [1.165, 1.54) is 12.1 Å². The molecular weight excluding hydrogens is 410 g/mol. The minimum Gasteiger partial charge on any atom is -0.426 e. The van der Waals surface area contributed by atoms with E-state index in [1.807, 2.05) is 30.3 Å². The summed E-state index contributed by atoms with van der Waals surface area (Å²) >= 11 is 0. The highest BCUT2D eigenvalue weighted by Crippen LogP contribution is 2.36. The van der Waals surface area contributed by atoms with Crippen molar-refractivity contribution in [1.29, 1.82) is 0 Å². The van der Waals surface area contributed by atoms with Gasteiger partial charge in [-0.2, -0.15) is 0 Å². The predicted molar refractivity (Wildman–Crippen MR) is 130 cm³/mol. The Hall–Kier alpha value is -1.88. The van der Waals surface area contributed by atoms with Gasteiger partial charge in [-0.1, -0.05) is 50.1 Å². The smallest absolute Gasteiger partial charge is 0.313 e. The summed E-state index contributed by atoms with van der Waals surface area (Å²) in [5.41, 5.74) is 1.95. The molecule has 0 saturated heterocycles. The summed E-state index contributed by atoms with van der Waals surface area (Å²) in [6.45, 7) is 1.94. The molecule has 0 bridgehead atoms. The number of aliphatic hydroxyl groups is 1. The van der Waals surface area contributed by atoms with Crippen LogP contribution in [0.15, 0.2) is 48.5 Å². The zero-order chi connectivity index (χ0) is 28.2. The molecule has 2 aromatic carbocycles. The second-order valence-corrected chi connectivity index (χ2v) is 7.97. The van der Waals surface area contributed by atoms with Gasteiger partial charge in [0.05, 0.1) is 12.5 Å². The molecule has 0 amide bonds. The minimum absolute atomic E-state index is 0. The first-order chi connectivity index (χ1) is 17.0. The second kappa shape index (κ2) is 12.8. The van der Waals surface area contributed by atoms with Gasteiger partial charge in [0, 0.05) is 33.2 Å². The number of nitrogens with zero attached hydrogens (tertiary/aromatic N) is 1. The molecular formula is C26H38ClNO3. The van der Waals surface area contributed by atoms with Crippen LogP contribution in [0.25, 0.3) is 0 Å². The Morgan fingerprint density at radius 2 is 1.74 bits per heavy atom. The molecule has 0 aliphatic heterocycles. The van der Waals surface area contributed by atoms with Gasteiger partial charge in [-0.3, -0.25) is 9.69 Å². The van der Waals surface area contributed by atoms with Crippen molar-refractivity contribution in [3.63, 3.8) is 0 Å². The van der Waals surface area contributed by atoms with E-state index < -0.39 is 25.6 Å². The normalized spacial score (nSPS) is 16.8. The number of carbonyl (C=O) groups excluding carboxylic acids is 1. The van der Waals surface area contributed by atoms with Crippen molar-refractivity contribution in [2.24, 2.45) is 5.89 Å². The summed E-state index contributed by atoms with van der Waals surface area (Å²) in [6.07, 6.45) is 0.602. The zero-order valence-electron chi connectivity index (χ0n) is 25.6. The highest BCUT2D eigenvalue weighted by atomic mass is 35.5. The molecule has 0 aromatic heterocycles. The number of hydrogen-bond donors (Lipinski definition) is 1. The topological polar surface area (TPSA) is 49.8 Å². The van der Waals surface area contributed by atoms with E-state index in [-0.39, 0.29) is 42.8 Å². The van der Waals surface area contributed by atoms with Crippen molar-refractivity contribution in [1.82, 2.24) is 4.90 Å². The molecule has 5 heteroatoms. The van der Waals surface area contributed by atoms with Gasteiger partial charge in [0.1, 0.15) is 5.75 Å². The Labute approximate surface area is 203 Å².